The lowest BCUT2D eigenvalue weighted by atomic mass is 10.1. The number of benzene rings is 1. The number of nitrogens with zero attached hydrogens (tertiary/aromatic N) is 4. The first-order valence-electron chi connectivity index (χ1n) is 9.62. The van der Waals surface area contributed by atoms with Gasteiger partial charge < -0.3 is 19.4 Å². The molecule has 0 saturated carbocycles. The zero-order chi connectivity index (χ0) is 20.2. The average molecular weight is 413 g/mol. The monoisotopic (exact) mass is 412 g/mol. The summed E-state index contributed by atoms with van der Waals surface area (Å²) in [7, 11) is 0. The number of morpholine rings is 1. The van der Waals surface area contributed by atoms with Gasteiger partial charge in [0.25, 0.3) is 0 Å². The molecule has 0 amide bonds. The average Bonchev–Trinajstić information content (AvgIpc) is 3.25. The lowest BCUT2D eigenvalue weighted by molar-refractivity contribution is -0.0559. The minimum atomic E-state index is -0.316. The molecule has 1 aromatic heterocycles. The number of carbonyl (C=O) groups excluding carboxylic acids is 1. The van der Waals surface area contributed by atoms with E-state index in [0.29, 0.717) is 18.5 Å². The number of hydroxylamine groups is 1. The van der Waals surface area contributed by atoms with Crippen LogP contribution in [-0.2, 0) is 4.74 Å². The van der Waals surface area contributed by atoms with Crippen molar-refractivity contribution >= 4 is 35.0 Å². The van der Waals surface area contributed by atoms with Crippen molar-refractivity contribution in [2.75, 3.05) is 31.2 Å². The number of ketones is 1. The van der Waals surface area contributed by atoms with E-state index in [-0.39, 0.29) is 11.9 Å². The predicted octanol–water partition coefficient (Wildman–Crippen LogP) is 3.84. The molecular formula is C21H24N4O3S. The van der Waals surface area contributed by atoms with E-state index in [4.69, 9.17) is 4.74 Å². The molecule has 29 heavy (non-hydrogen) atoms. The van der Waals surface area contributed by atoms with Crippen LogP contribution in [0.3, 0.4) is 0 Å². The molecule has 0 bridgehead atoms. The summed E-state index contributed by atoms with van der Waals surface area (Å²) in [5, 5.41) is 10.8. The van der Waals surface area contributed by atoms with Crippen LogP contribution in [0, 0.1) is 0 Å². The first kappa shape index (κ1) is 19.9. The highest BCUT2D eigenvalue weighted by Gasteiger charge is 2.29. The molecule has 2 aliphatic heterocycles. The molecule has 0 spiro atoms. The SMILES string of the molecule is C=N/C=C(\SN(O)C1CCC(=O)c2cccn21)c1ccc(N2CCOCC2)cc1. The minimum absolute atomic E-state index is 0.104. The normalized spacial score (nSPS) is 20.1. The molecule has 0 radical (unpaired) electrons. The minimum Gasteiger partial charge on any atom is -0.378 e. The molecule has 2 aromatic rings. The van der Waals surface area contributed by atoms with Crippen LogP contribution in [0.25, 0.3) is 4.91 Å². The van der Waals surface area contributed by atoms with E-state index in [2.05, 4.69) is 28.7 Å². The van der Waals surface area contributed by atoms with E-state index in [1.165, 1.54) is 16.4 Å². The Balaban J connectivity index is 1.50. The highest BCUT2D eigenvalue weighted by atomic mass is 32.2. The topological polar surface area (TPSA) is 70.3 Å². The van der Waals surface area contributed by atoms with Crippen molar-refractivity contribution in [3.05, 3.63) is 60.1 Å². The highest BCUT2D eigenvalue weighted by molar-refractivity contribution is 8.06. The fourth-order valence-corrected chi connectivity index (χ4v) is 4.58. The number of hydrogen-bond acceptors (Lipinski definition) is 7. The van der Waals surface area contributed by atoms with Gasteiger partial charge >= 0.3 is 0 Å². The Labute approximate surface area is 174 Å². The van der Waals surface area contributed by atoms with Crippen LogP contribution in [0.5, 0.6) is 0 Å². The Morgan fingerprint density at radius 1 is 1.28 bits per heavy atom. The third kappa shape index (κ3) is 4.30. The van der Waals surface area contributed by atoms with Gasteiger partial charge in [0.1, 0.15) is 6.17 Å². The molecule has 0 aliphatic carbocycles. The van der Waals surface area contributed by atoms with E-state index in [0.717, 1.165) is 42.5 Å². The first-order chi connectivity index (χ1) is 14.2. The predicted molar refractivity (Wildman–Crippen MR) is 115 cm³/mol. The van der Waals surface area contributed by atoms with Gasteiger partial charge in [0.05, 0.1) is 23.8 Å². The number of fused-ring (bicyclic) bond motifs is 1. The summed E-state index contributed by atoms with van der Waals surface area (Å²) in [6, 6.07) is 11.8. The van der Waals surface area contributed by atoms with Crippen LogP contribution in [0.1, 0.15) is 35.1 Å². The molecule has 1 fully saturated rings. The van der Waals surface area contributed by atoms with Crippen LogP contribution < -0.4 is 4.90 Å². The number of aromatic nitrogens is 1. The Bertz CT molecular complexity index is 903. The van der Waals surface area contributed by atoms with Crippen molar-refractivity contribution in [2.45, 2.75) is 19.0 Å². The Kier molecular flexibility index (Phi) is 6.15. The van der Waals surface area contributed by atoms with Gasteiger partial charge in [-0.1, -0.05) is 12.1 Å². The van der Waals surface area contributed by atoms with Gasteiger partial charge in [-0.3, -0.25) is 9.79 Å². The summed E-state index contributed by atoms with van der Waals surface area (Å²) in [6.45, 7) is 6.82. The van der Waals surface area contributed by atoms with Gasteiger partial charge in [0.2, 0.25) is 0 Å². The fraction of sp³-hybridized carbons (Fsp3) is 0.333. The maximum absolute atomic E-state index is 12.0. The fourth-order valence-electron chi connectivity index (χ4n) is 3.69. The van der Waals surface area contributed by atoms with Gasteiger partial charge in [-0.2, -0.15) is 0 Å². The van der Waals surface area contributed by atoms with Crippen LogP contribution in [0.2, 0.25) is 0 Å². The second kappa shape index (κ2) is 8.96. The Morgan fingerprint density at radius 2 is 2.03 bits per heavy atom. The quantitative estimate of drug-likeness (QED) is 0.442. The van der Waals surface area contributed by atoms with Gasteiger partial charge in [-0.25, -0.2) is 0 Å². The summed E-state index contributed by atoms with van der Waals surface area (Å²) < 4.78 is 8.43. The summed E-state index contributed by atoms with van der Waals surface area (Å²) in [6.07, 6.45) is 4.12. The number of anilines is 1. The summed E-state index contributed by atoms with van der Waals surface area (Å²) in [5.41, 5.74) is 2.72. The molecule has 8 heteroatoms. The molecule has 1 unspecified atom stereocenters. The van der Waals surface area contributed by atoms with E-state index in [1.54, 1.807) is 12.3 Å². The lowest BCUT2D eigenvalue weighted by Crippen LogP contribution is -2.36. The standard InChI is InChI=1S/C21H24N4O3S/c1-22-15-20(16-4-6-17(7-5-16)23-11-13-28-14-12-23)29-25(27)21-9-8-19(26)18-3-2-10-24(18)21/h2-7,10,15,21,27H,1,8-9,11-14H2/b20-15-. The number of Topliss-reactive ketones (excluding diaryl/α,β-unsaturated/α-hetero) is 1. The van der Waals surface area contributed by atoms with Crippen LogP contribution in [0.15, 0.2) is 53.8 Å². The number of rotatable bonds is 6. The molecule has 3 heterocycles. The number of carbonyl (C=O) groups is 1. The van der Waals surface area contributed by atoms with Gasteiger partial charge in [-0.15, -0.1) is 4.47 Å². The van der Waals surface area contributed by atoms with Gasteiger partial charge in [0.15, 0.2) is 5.78 Å². The van der Waals surface area contributed by atoms with Crippen molar-refractivity contribution in [3.8, 4) is 0 Å². The van der Waals surface area contributed by atoms with Crippen molar-refractivity contribution in [2.24, 2.45) is 4.99 Å². The molecule has 1 atom stereocenters. The Hall–Kier alpha value is -2.39. The zero-order valence-corrected chi connectivity index (χ0v) is 16.9. The largest absolute Gasteiger partial charge is 0.378 e. The van der Waals surface area contributed by atoms with Crippen molar-refractivity contribution in [1.82, 2.24) is 9.04 Å². The van der Waals surface area contributed by atoms with Crippen LogP contribution in [-0.4, -0.2) is 53.0 Å². The molecule has 7 nitrogen and oxygen atoms in total. The molecule has 1 saturated heterocycles. The first-order valence-corrected chi connectivity index (χ1v) is 10.4. The molecule has 1 N–H and O–H groups in total. The second-order valence-electron chi connectivity index (χ2n) is 6.96. The smallest absolute Gasteiger partial charge is 0.179 e. The van der Waals surface area contributed by atoms with Crippen molar-refractivity contribution in [3.63, 3.8) is 0 Å². The van der Waals surface area contributed by atoms with E-state index in [1.807, 2.05) is 29.0 Å². The van der Waals surface area contributed by atoms with Gasteiger partial charge in [0, 0.05) is 37.6 Å². The van der Waals surface area contributed by atoms with Crippen molar-refractivity contribution in [1.29, 1.82) is 0 Å². The van der Waals surface area contributed by atoms with Crippen LogP contribution >= 0.6 is 11.9 Å². The highest BCUT2D eigenvalue weighted by Crippen LogP contribution is 2.38. The number of ether oxygens (including phenoxy) is 1. The summed E-state index contributed by atoms with van der Waals surface area (Å²) >= 11 is 1.19. The molecule has 4 rings (SSSR count). The van der Waals surface area contributed by atoms with Crippen molar-refractivity contribution < 1.29 is 14.7 Å². The third-order valence-corrected chi connectivity index (χ3v) is 6.17. The number of hydrogen-bond donors (Lipinski definition) is 1. The lowest BCUT2D eigenvalue weighted by Gasteiger charge is -2.31. The molecular weight excluding hydrogens is 388 g/mol. The van der Waals surface area contributed by atoms with E-state index < -0.39 is 0 Å². The summed E-state index contributed by atoms with van der Waals surface area (Å²) in [5.74, 6) is 0.104. The Morgan fingerprint density at radius 3 is 2.76 bits per heavy atom. The van der Waals surface area contributed by atoms with E-state index in [9.17, 15) is 10.0 Å². The van der Waals surface area contributed by atoms with Crippen LogP contribution in [0.4, 0.5) is 5.69 Å². The zero-order valence-electron chi connectivity index (χ0n) is 16.1. The van der Waals surface area contributed by atoms with E-state index >= 15 is 0 Å². The maximum Gasteiger partial charge on any atom is 0.179 e. The molecule has 152 valence electrons. The number of aliphatic imine (C=N–C) groups is 1. The summed E-state index contributed by atoms with van der Waals surface area (Å²) in [4.78, 5) is 19.0. The third-order valence-electron chi connectivity index (χ3n) is 5.20. The maximum atomic E-state index is 12.0. The second-order valence-corrected chi connectivity index (χ2v) is 7.96. The van der Waals surface area contributed by atoms with Gasteiger partial charge in [-0.05, 0) is 54.9 Å². The molecule has 2 aliphatic rings. The molecule has 1 aromatic carbocycles.